The number of carbonyl (C=O) groups excluding carboxylic acids is 1. The molecule has 0 aliphatic rings. The van der Waals surface area contributed by atoms with Gasteiger partial charge in [0.05, 0.1) is 0 Å². The van der Waals surface area contributed by atoms with Crippen LogP contribution in [0.3, 0.4) is 0 Å². The fourth-order valence-electron chi connectivity index (χ4n) is 1.51. The lowest BCUT2D eigenvalue weighted by atomic mass is 10.1. The number of fused-ring (bicyclic) bond motifs is 1. The first-order valence-corrected chi connectivity index (χ1v) is 5.14. The molecule has 2 rings (SSSR count). The molecular weight excluding hydrogens is 260 g/mol. The number of nitrogens with one attached hydrogen (secondary N) is 1. The Morgan fingerprint density at radius 1 is 1.53 bits per heavy atom. The van der Waals surface area contributed by atoms with Gasteiger partial charge in [-0.3, -0.25) is 4.79 Å². The maximum Gasteiger partial charge on any atom is 0.219 e. The quantitative estimate of drug-likeness (QED) is 0.727. The van der Waals surface area contributed by atoms with E-state index >= 15 is 0 Å². The van der Waals surface area contributed by atoms with Gasteiger partial charge in [-0.2, -0.15) is 0 Å². The van der Waals surface area contributed by atoms with Crippen LogP contribution in [0.4, 0.5) is 0 Å². The summed E-state index contributed by atoms with van der Waals surface area (Å²) in [5, 5.41) is 10.1. The van der Waals surface area contributed by atoms with E-state index in [0.29, 0.717) is 5.56 Å². The van der Waals surface area contributed by atoms with E-state index in [9.17, 15) is 9.90 Å². The molecule has 4 nitrogen and oxygen atoms in total. The molecule has 0 aliphatic carbocycles. The van der Waals surface area contributed by atoms with Crippen molar-refractivity contribution in [2.75, 3.05) is 0 Å². The Morgan fingerprint density at radius 2 is 2.27 bits per heavy atom. The number of hydrogen-bond donors (Lipinski definition) is 3. The minimum atomic E-state index is -0.722. The summed E-state index contributed by atoms with van der Waals surface area (Å²) in [6.45, 7) is 0. The fraction of sp³-hybridized carbons (Fsp3) is 0.100. The summed E-state index contributed by atoms with van der Waals surface area (Å²) in [5.74, 6) is 0.151. The third-order valence-corrected chi connectivity index (χ3v) is 2.77. The van der Waals surface area contributed by atoms with Crippen molar-refractivity contribution < 1.29 is 9.90 Å². The van der Waals surface area contributed by atoms with E-state index in [0.717, 1.165) is 10.9 Å². The van der Waals surface area contributed by atoms with Crippen molar-refractivity contribution >= 4 is 31.5 Å². The van der Waals surface area contributed by atoms with Crippen LogP contribution in [0.2, 0.25) is 0 Å². The molecule has 0 amide bonds. The van der Waals surface area contributed by atoms with Crippen LogP contribution in [0.25, 0.3) is 10.9 Å². The molecule has 1 aromatic heterocycles. The van der Waals surface area contributed by atoms with Gasteiger partial charge in [-0.05, 0) is 34.1 Å². The first-order valence-electron chi connectivity index (χ1n) is 4.34. The number of nitrogens with two attached hydrogens (primary N) is 1. The van der Waals surface area contributed by atoms with Crippen LogP contribution < -0.4 is 5.73 Å². The summed E-state index contributed by atoms with van der Waals surface area (Å²) in [5.41, 5.74) is 7.21. The Bertz CT molecular complexity index is 521. The SMILES string of the molecule is NC(C(=O)Br)c1c[nH]c2ccc(O)cc12. The van der Waals surface area contributed by atoms with E-state index in [1.165, 1.54) is 0 Å². The molecule has 5 heteroatoms. The van der Waals surface area contributed by atoms with Crippen molar-refractivity contribution in [2.45, 2.75) is 6.04 Å². The highest BCUT2D eigenvalue weighted by molar-refractivity contribution is 9.18. The van der Waals surface area contributed by atoms with Gasteiger partial charge in [0.2, 0.25) is 4.69 Å². The number of hydrogen-bond acceptors (Lipinski definition) is 3. The zero-order valence-electron chi connectivity index (χ0n) is 7.70. The van der Waals surface area contributed by atoms with Crippen LogP contribution in [0.15, 0.2) is 24.4 Å². The topological polar surface area (TPSA) is 79.1 Å². The molecule has 0 saturated heterocycles. The Kier molecular flexibility index (Phi) is 2.50. The van der Waals surface area contributed by atoms with Gasteiger partial charge >= 0.3 is 0 Å². The van der Waals surface area contributed by atoms with Crippen molar-refractivity contribution in [3.63, 3.8) is 0 Å². The molecule has 0 fully saturated rings. The van der Waals surface area contributed by atoms with E-state index in [4.69, 9.17) is 5.73 Å². The zero-order chi connectivity index (χ0) is 11.0. The molecule has 0 bridgehead atoms. The highest BCUT2D eigenvalue weighted by Crippen LogP contribution is 2.27. The highest BCUT2D eigenvalue weighted by Gasteiger charge is 2.16. The number of benzene rings is 1. The molecule has 15 heavy (non-hydrogen) atoms. The lowest BCUT2D eigenvalue weighted by molar-refractivity contribution is -0.111. The summed E-state index contributed by atoms with van der Waals surface area (Å²) in [6, 6.07) is 4.17. The predicted molar refractivity (Wildman–Crippen MR) is 60.8 cm³/mol. The number of halogens is 1. The van der Waals surface area contributed by atoms with Gasteiger partial charge in [-0.15, -0.1) is 0 Å². The van der Waals surface area contributed by atoms with Gasteiger partial charge < -0.3 is 15.8 Å². The largest absolute Gasteiger partial charge is 0.508 e. The van der Waals surface area contributed by atoms with Crippen LogP contribution in [0.5, 0.6) is 5.75 Å². The molecule has 1 aromatic carbocycles. The summed E-state index contributed by atoms with van der Waals surface area (Å²) < 4.78 is -0.285. The first-order chi connectivity index (χ1) is 7.09. The molecule has 1 atom stereocenters. The van der Waals surface area contributed by atoms with Crippen LogP contribution >= 0.6 is 15.9 Å². The smallest absolute Gasteiger partial charge is 0.219 e. The van der Waals surface area contributed by atoms with Gasteiger partial charge in [0.1, 0.15) is 11.8 Å². The third kappa shape index (κ3) is 1.75. The summed E-state index contributed by atoms with van der Waals surface area (Å²) in [4.78, 5) is 14.1. The molecule has 2 aromatic rings. The van der Waals surface area contributed by atoms with Crippen LogP contribution in [-0.2, 0) is 4.79 Å². The van der Waals surface area contributed by atoms with Gasteiger partial charge in [0.15, 0.2) is 0 Å². The third-order valence-electron chi connectivity index (χ3n) is 2.28. The van der Waals surface area contributed by atoms with Gasteiger partial charge in [0, 0.05) is 22.7 Å². The van der Waals surface area contributed by atoms with Crippen molar-refractivity contribution in [2.24, 2.45) is 5.73 Å². The Morgan fingerprint density at radius 3 is 2.93 bits per heavy atom. The molecule has 0 spiro atoms. The summed E-state index contributed by atoms with van der Waals surface area (Å²) >= 11 is 2.83. The van der Waals surface area contributed by atoms with E-state index in [1.54, 1.807) is 24.4 Å². The van der Waals surface area contributed by atoms with Crippen LogP contribution in [0, 0.1) is 0 Å². The number of H-pyrrole nitrogens is 1. The minimum Gasteiger partial charge on any atom is -0.508 e. The first kappa shape index (κ1) is 10.2. The van der Waals surface area contributed by atoms with Crippen LogP contribution in [-0.4, -0.2) is 14.8 Å². The number of rotatable bonds is 2. The number of phenols is 1. The van der Waals surface area contributed by atoms with E-state index in [-0.39, 0.29) is 10.4 Å². The molecule has 0 radical (unpaired) electrons. The van der Waals surface area contributed by atoms with Crippen LogP contribution in [0.1, 0.15) is 11.6 Å². The standard InChI is InChI=1S/C10H9BrN2O2/c11-10(15)9(12)7-4-13-8-2-1-5(14)3-6(7)8/h1-4,9,13-14H,12H2. The van der Waals surface area contributed by atoms with Gasteiger partial charge in [-0.1, -0.05) is 0 Å². The maximum atomic E-state index is 11.1. The Labute approximate surface area is 94.2 Å². The number of aromatic amines is 1. The molecule has 78 valence electrons. The van der Waals surface area contributed by atoms with E-state index in [2.05, 4.69) is 20.9 Å². The zero-order valence-corrected chi connectivity index (χ0v) is 9.28. The lowest BCUT2D eigenvalue weighted by Crippen LogP contribution is -2.15. The van der Waals surface area contributed by atoms with Gasteiger partial charge in [-0.25, -0.2) is 0 Å². The average Bonchev–Trinajstić information content (AvgIpc) is 2.59. The minimum absolute atomic E-state index is 0.151. The number of aromatic nitrogens is 1. The molecular formula is C10H9BrN2O2. The Hall–Kier alpha value is -1.33. The molecule has 1 heterocycles. The summed E-state index contributed by atoms with van der Waals surface area (Å²) in [6.07, 6.45) is 1.67. The molecule has 4 N–H and O–H groups in total. The van der Waals surface area contributed by atoms with E-state index < -0.39 is 6.04 Å². The van der Waals surface area contributed by atoms with Crippen molar-refractivity contribution in [3.05, 3.63) is 30.0 Å². The number of carbonyl (C=O) groups is 1. The maximum absolute atomic E-state index is 11.1. The normalized spacial score (nSPS) is 12.9. The fourth-order valence-corrected chi connectivity index (χ4v) is 1.76. The average molecular weight is 269 g/mol. The van der Waals surface area contributed by atoms with E-state index in [1.807, 2.05) is 0 Å². The molecule has 1 unspecified atom stereocenters. The summed E-state index contributed by atoms with van der Waals surface area (Å²) in [7, 11) is 0. The van der Waals surface area contributed by atoms with Gasteiger partial charge in [0.25, 0.3) is 0 Å². The second kappa shape index (κ2) is 3.67. The highest BCUT2D eigenvalue weighted by atomic mass is 79.9. The predicted octanol–water partition coefficient (Wildman–Crippen LogP) is 1.79. The lowest BCUT2D eigenvalue weighted by Gasteiger charge is -2.04. The Balaban J connectivity index is 2.61. The van der Waals surface area contributed by atoms with Crippen molar-refractivity contribution in [3.8, 4) is 5.75 Å². The number of aromatic hydroxyl groups is 1. The second-order valence-electron chi connectivity index (χ2n) is 3.26. The van der Waals surface area contributed by atoms with Crippen molar-refractivity contribution in [1.29, 1.82) is 0 Å². The monoisotopic (exact) mass is 268 g/mol. The number of phenolic OH excluding ortho intramolecular Hbond substituents is 1. The van der Waals surface area contributed by atoms with Crippen molar-refractivity contribution in [1.82, 2.24) is 4.98 Å². The molecule has 0 saturated carbocycles. The second-order valence-corrected chi connectivity index (χ2v) is 4.04. The molecule has 0 aliphatic heterocycles.